The first kappa shape index (κ1) is 11.2. The fraction of sp³-hybridized carbons (Fsp3) is 0.231. The first-order chi connectivity index (χ1) is 7.72. The Balaban J connectivity index is 2.27. The number of methoxy groups -OCH3 is 1. The Kier molecular flexibility index (Phi) is 3.27. The second-order valence-electron chi connectivity index (χ2n) is 3.68. The van der Waals surface area contributed by atoms with Crippen molar-refractivity contribution in [2.75, 3.05) is 7.11 Å². The summed E-state index contributed by atoms with van der Waals surface area (Å²) in [6.45, 7) is 2.10. The van der Waals surface area contributed by atoms with Gasteiger partial charge in [0.1, 0.15) is 5.75 Å². The monoisotopic (exact) mass is 233 g/mol. The molecule has 2 aromatic rings. The van der Waals surface area contributed by atoms with Gasteiger partial charge < -0.3 is 10.5 Å². The van der Waals surface area contributed by atoms with E-state index in [0.29, 0.717) is 0 Å². The van der Waals surface area contributed by atoms with Crippen molar-refractivity contribution in [1.29, 1.82) is 0 Å². The van der Waals surface area contributed by atoms with Crippen LogP contribution in [0, 0.1) is 6.92 Å². The summed E-state index contributed by atoms with van der Waals surface area (Å²) in [4.78, 5) is 1.28. The molecule has 16 heavy (non-hydrogen) atoms. The highest BCUT2D eigenvalue weighted by Crippen LogP contribution is 2.27. The van der Waals surface area contributed by atoms with E-state index in [1.807, 2.05) is 24.3 Å². The Morgan fingerprint density at radius 3 is 2.38 bits per heavy atom. The molecule has 2 N–H and O–H groups in total. The van der Waals surface area contributed by atoms with E-state index in [9.17, 15) is 0 Å². The summed E-state index contributed by atoms with van der Waals surface area (Å²) < 4.78 is 5.12. The number of thiophene rings is 1. The van der Waals surface area contributed by atoms with Crippen molar-refractivity contribution in [3.8, 4) is 5.75 Å². The van der Waals surface area contributed by atoms with Gasteiger partial charge in [-0.1, -0.05) is 12.1 Å². The van der Waals surface area contributed by atoms with Gasteiger partial charge in [-0.2, -0.15) is 0 Å². The summed E-state index contributed by atoms with van der Waals surface area (Å²) in [6, 6.07) is 9.96. The van der Waals surface area contributed by atoms with Gasteiger partial charge in [-0.25, -0.2) is 0 Å². The number of hydrogen-bond donors (Lipinski definition) is 1. The highest BCUT2D eigenvalue weighted by atomic mass is 32.1. The van der Waals surface area contributed by atoms with Gasteiger partial charge in [0.2, 0.25) is 0 Å². The highest BCUT2D eigenvalue weighted by molar-refractivity contribution is 7.10. The standard InChI is InChI=1S/C13H15NOS/c1-9-12(7-8-16-9)13(14)10-3-5-11(15-2)6-4-10/h3-8,13H,14H2,1-2H3. The van der Waals surface area contributed by atoms with Gasteiger partial charge in [0, 0.05) is 4.88 Å². The van der Waals surface area contributed by atoms with Crippen LogP contribution in [0.2, 0.25) is 0 Å². The Bertz CT molecular complexity index is 461. The molecule has 0 aliphatic heterocycles. The zero-order valence-corrected chi connectivity index (χ0v) is 10.3. The zero-order chi connectivity index (χ0) is 11.5. The first-order valence-corrected chi connectivity index (χ1v) is 6.04. The van der Waals surface area contributed by atoms with Crippen molar-refractivity contribution in [3.63, 3.8) is 0 Å². The van der Waals surface area contributed by atoms with E-state index < -0.39 is 0 Å². The third kappa shape index (κ3) is 2.10. The summed E-state index contributed by atoms with van der Waals surface area (Å²) in [5.74, 6) is 0.859. The number of aryl methyl sites for hydroxylation is 1. The van der Waals surface area contributed by atoms with Crippen LogP contribution >= 0.6 is 11.3 Å². The van der Waals surface area contributed by atoms with E-state index in [2.05, 4.69) is 18.4 Å². The fourth-order valence-electron chi connectivity index (χ4n) is 1.71. The molecule has 0 radical (unpaired) electrons. The lowest BCUT2D eigenvalue weighted by atomic mass is 10.0. The second-order valence-corrected chi connectivity index (χ2v) is 4.80. The predicted octanol–water partition coefficient (Wildman–Crippen LogP) is 3.11. The number of ether oxygens (including phenoxy) is 1. The van der Waals surface area contributed by atoms with E-state index in [4.69, 9.17) is 10.5 Å². The van der Waals surface area contributed by atoms with E-state index in [-0.39, 0.29) is 6.04 Å². The molecule has 1 unspecified atom stereocenters. The molecule has 0 fully saturated rings. The van der Waals surface area contributed by atoms with Crippen molar-refractivity contribution in [2.45, 2.75) is 13.0 Å². The molecule has 3 heteroatoms. The van der Waals surface area contributed by atoms with Gasteiger partial charge in [-0.05, 0) is 41.6 Å². The van der Waals surface area contributed by atoms with Crippen LogP contribution in [-0.2, 0) is 0 Å². The summed E-state index contributed by atoms with van der Waals surface area (Å²) in [6.07, 6.45) is 0. The Hall–Kier alpha value is -1.32. The number of nitrogens with two attached hydrogens (primary N) is 1. The van der Waals surface area contributed by atoms with Crippen LogP contribution in [0.15, 0.2) is 35.7 Å². The minimum atomic E-state index is -0.0443. The Morgan fingerprint density at radius 1 is 1.19 bits per heavy atom. The van der Waals surface area contributed by atoms with E-state index >= 15 is 0 Å². The number of rotatable bonds is 3. The fourth-order valence-corrected chi connectivity index (χ4v) is 2.46. The molecule has 0 aliphatic rings. The van der Waals surface area contributed by atoms with Crippen LogP contribution in [0.5, 0.6) is 5.75 Å². The quantitative estimate of drug-likeness (QED) is 0.884. The van der Waals surface area contributed by atoms with Crippen LogP contribution in [-0.4, -0.2) is 7.11 Å². The van der Waals surface area contributed by atoms with Gasteiger partial charge >= 0.3 is 0 Å². The average Bonchev–Trinajstić information content (AvgIpc) is 2.75. The molecule has 84 valence electrons. The van der Waals surface area contributed by atoms with Crippen molar-refractivity contribution in [1.82, 2.24) is 0 Å². The van der Waals surface area contributed by atoms with Gasteiger partial charge in [0.05, 0.1) is 13.2 Å². The molecule has 1 aromatic carbocycles. The molecule has 2 nitrogen and oxygen atoms in total. The molecule has 0 aliphatic carbocycles. The van der Waals surface area contributed by atoms with Crippen molar-refractivity contribution < 1.29 is 4.74 Å². The van der Waals surface area contributed by atoms with Crippen LogP contribution in [0.25, 0.3) is 0 Å². The Morgan fingerprint density at radius 2 is 1.88 bits per heavy atom. The second kappa shape index (κ2) is 4.68. The minimum absolute atomic E-state index is 0.0443. The normalized spacial score (nSPS) is 12.4. The molecule has 0 saturated carbocycles. The van der Waals surface area contributed by atoms with Crippen LogP contribution < -0.4 is 10.5 Å². The average molecular weight is 233 g/mol. The largest absolute Gasteiger partial charge is 0.497 e. The molecule has 0 amide bonds. The number of benzene rings is 1. The molecule has 1 aromatic heterocycles. The lowest BCUT2D eigenvalue weighted by Crippen LogP contribution is -2.11. The molecule has 2 rings (SSSR count). The van der Waals surface area contributed by atoms with Gasteiger partial charge in [-0.3, -0.25) is 0 Å². The first-order valence-electron chi connectivity index (χ1n) is 5.16. The number of hydrogen-bond acceptors (Lipinski definition) is 3. The lowest BCUT2D eigenvalue weighted by Gasteiger charge is -2.12. The summed E-state index contributed by atoms with van der Waals surface area (Å²) in [5.41, 5.74) is 8.54. The van der Waals surface area contributed by atoms with Crippen LogP contribution in [0.1, 0.15) is 22.0 Å². The topological polar surface area (TPSA) is 35.2 Å². The molecule has 0 spiro atoms. The third-order valence-corrected chi connectivity index (χ3v) is 3.57. The zero-order valence-electron chi connectivity index (χ0n) is 9.44. The van der Waals surface area contributed by atoms with Gasteiger partial charge in [0.25, 0.3) is 0 Å². The van der Waals surface area contributed by atoms with Gasteiger partial charge in [-0.15, -0.1) is 11.3 Å². The van der Waals surface area contributed by atoms with E-state index in [1.165, 1.54) is 10.4 Å². The molecule has 1 heterocycles. The highest BCUT2D eigenvalue weighted by Gasteiger charge is 2.11. The smallest absolute Gasteiger partial charge is 0.118 e. The summed E-state index contributed by atoms with van der Waals surface area (Å²) >= 11 is 1.73. The summed E-state index contributed by atoms with van der Waals surface area (Å²) in [5, 5.41) is 2.08. The molecule has 0 bridgehead atoms. The van der Waals surface area contributed by atoms with Crippen molar-refractivity contribution in [2.24, 2.45) is 5.73 Å². The third-order valence-electron chi connectivity index (χ3n) is 2.71. The minimum Gasteiger partial charge on any atom is -0.497 e. The maximum Gasteiger partial charge on any atom is 0.118 e. The predicted molar refractivity (Wildman–Crippen MR) is 68.1 cm³/mol. The van der Waals surface area contributed by atoms with Crippen molar-refractivity contribution >= 4 is 11.3 Å². The molecular weight excluding hydrogens is 218 g/mol. The Labute approximate surface area is 99.7 Å². The molecular formula is C13H15NOS. The molecule has 1 atom stereocenters. The van der Waals surface area contributed by atoms with E-state index in [0.717, 1.165) is 11.3 Å². The maximum absolute atomic E-state index is 6.22. The van der Waals surface area contributed by atoms with Crippen LogP contribution in [0.4, 0.5) is 0 Å². The SMILES string of the molecule is COc1ccc(C(N)c2ccsc2C)cc1. The van der Waals surface area contributed by atoms with Crippen molar-refractivity contribution in [3.05, 3.63) is 51.7 Å². The van der Waals surface area contributed by atoms with Gasteiger partial charge in [0.15, 0.2) is 0 Å². The maximum atomic E-state index is 6.22. The summed E-state index contributed by atoms with van der Waals surface area (Å²) in [7, 11) is 1.66. The van der Waals surface area contributed by atoms with E-state index in [1.54, 1.807) is 18.4 Å². The molecule has 0 saturated heterocycles. The lowest BCUT2D eigenvalue weighted by molar-refractivity contribution is 0.414. The van der Waals surface area contributed by atoms with Crippen LogP contribution in [0.3, 0.4) is 0 Å².